The first-order valence-electron chi connectivity index (χ1n) is 5.15. The van der Waals surface area contributed by atoms with Crippen LogP contribution in [-0.4, -0.2) is 33.1 Å². The van der Waals surface area contributed by atoms with E-state index in [0.717, 1.165) is 18.2 Å². The molecule has 1 amide bonds. The fourth-order valence-corrected chi connectivity index (χ4v) is 2.09. The highest BCUT2D eigenvalue weighted by Gasteiger charge is 2.31. The van der Waals surface area contributed by atoms with E-state index in [1.165, 1.54) is 6.07 Å². The molecule has 1 aromatic carbocycles. The number of para-hydroxylation sites is 1. The molecular formula is C10H8F5NO4S. The van der Waals surface area contributed by atoms with E-state index in [-0.39, 0.29) is 0 Å². The summed E-state index contributed by atoms with van der Waals surface area (Å²) < 4.78 is 86.8. The SMILES string of the molecule is O=C(Nc1ccccc1S(=O)(=O)C(F)F)OCC(F)(F)F. The molecule has 1 rings (SSSR count). The van der Waals surface area contributed by atoms with Gasteiger partial charge in [0.1, 0.15) is 0 Å². The number of nitrogens with one attached hydrogen (secondary N) is 1. The van der Waals surface area contributed by atoms with Gasteiger partial charge in [0, 0.05) is 0 Å². The number of ether oxygens (including phenoxy) is 1. The number of carbonyl (C=O) groups is 1. The van der Waals surface area contributed by atoms with Gasteiger partial charge in [-0.2, -0.15) is 22.0 Å². The molecule has 0 unspecified atom stereocenters. The quantitative estimate of drug-likeness (QED) is 0.860. The van der Waals surface area contributed by atoms with Gasteiger partial charge in [0.15, 0.2) is 6.61 Å². The number of hydrogen-bond donors (Lipinski definition) is 1. The molecule has 0 fully saturated rings. The number of benzene rings is 1. The van der Waals surface area contributed by atoms with Crippen molar-refractivity contribution in [2.75, 3.05) is 11.9 Å². The van der Waals surface area contributed by atoms with Crippen LogP contribution in [0.2, 0.25) is 0 Å². The maximum absolute atomic E-state index is 12.4. The van der Waals surface area contributed by atoms with E-state index in [1.54, 1.807) is 5.32 Å². The molecule has 0 saturated heterocycles. The van der Waals surface area contributed by atoms with Crippen LogP contribution in [0, 0.1) is 0 Å². The second-order valence-electron chi connectivity index (χ2n) is 3.62. The summed E-state index contributed by atoms with van der Waals surface area (Å²) in [6, 6.07) is 4.02. The molecule has 0 heterocycles. The van der Waals surface area contributed by atoms with E-state index >= 15 is 0 Å². The van der Waals surface area contributed by atoms with Crippen LogP contribution in [0.25, 0.3) is 0 Å². The first-order chi connectivity index (χ1) is 9.54. The Labute approximate surface area is 115 Å². The van der Waals surface area contributed by atoms with Gasteiger partial charge in [0.25, 0.3) is 0 Å². The summed E-state index contributed by atoms with van der Waals surface area (Å²) in [5, 5.41) is 1.67. The highest BCUT2D eigenvalue weighted by atomic mass is 32.2. The molecule has 5 nitrogen and oxygen atoms in total. The topological polar surface area (TPSA) is 72.5 Å². The van der Waals surface area contributed by atoms with Crippen LogP contribution in [-0.2, 0) is 14.6 Å². The molecule has 0 atom stereocenters. The third-order valence-electron chi connectivity index (χ3n) is 2.03. The van der Waals surface area contributed by atoms with Crippen LogP contribution < -0.4 is 5.32 Å². The van der Waals surface area contributed by atoms with Crippen molar-refractivity contribution in [2.45, 2.75) is 16.8 Å². The molecule has 0 radical (unpaired) electrons. The first-order valence-corrected chi connectivity index (χ1v) is 6.70. The minimum Gasteiger partial charge on any atom is -0.440 e. The Balaban J connectivity index is 2.93. The second-order valence-corrected chi connectivity index (χ2v) is 5.50. The Morgan fingerprint density at radius 3 is 2.33 bits per heavy atom. The van der Waals surface area contributed by atoms with Gasteiger partial charge in [-0.15, -0.1) is 0 Å². The van der Waals surface area contributed by atoms with E-state index in [1.807, 2.05) is 0 Å². The second kappa shape index (κ2) is 6.24. The van der Waals surface area contributed by atoms with Crippen LogP contribution in [0.5, 0.6) is 0 Å². The average Bonchev–Trinajstić information content (AvgIpc) is 2.36. The van der Waals surface area contributed by atoms with Gasteiger partial charge < -0.3 is 4.74 Å². The van der Waals surface area contributed by atoms with Gasteiger partial charge in [-0.05, 0) is 12.1 Å². The molecule has 0 aromatic heterocycles. The monoisotopic (exact) mass is 333 g/mol. The summed E-state index contributed by atoms with van der Waals surface area (Å²) in [6.07, 6.45) is -6.39. The summed E-state index contributed by atoms with van der Waals surface area (Å²) in [6.45, 7) is -1.90. The maximum atomic E-state index is 12.4. The zero-order chi connectivity index (χ0) is 16.3. The lowest BCUT2D eigenvalue weighted by Crippen LogP contribution is -2.24. The van der Waals surface area contributed by atoms with Gasteiger partial charge >= 0.3 is 18.0 Å². The normalized spacial score (nSPS) is 12.3. The lowest BCUT2D eigenvalue weighted by Gasteiger charge is -2.12. The number of carbonyl (C=O) groups excluding carboxylic acids is 1. The number of anilines is 1. The third kappa shape index (κ3) is 4.85. The van der Waals surface area contributed by atoms with Crippen molar-refractivity contribution in [3.63, 3.8) is 0 Å². The number of alkyl halides is 5. The fourth-order valence-electron chi connectivity index (χ4n) is 1.21. The van der Waals surface area contributed by atoms with Gasteiger partial charge in [-0.25, -0.2) is 13.2 Å². The highest BCUT2D eigenvalue weighted by Crippen LogP contribution is 2.26. The lowest BCUT2D eigenvalue weighted by atomic mass is 10.3. The number of amides is 1. The van der Waals surface area contributed by atoms with Crippen LogP contribution >= 0.6 is 0 Å². The molecule has 0 aliphatic rings. The Morgan fingerprint density at radius 1 is 1.24 bits per heavy atom. The molecule has 118 valence electrons. The van der Waals surface area contributed by atoms with Crippen molar-refractivity contribution in [3.05, 3.63) is 24.3 Å². The molecule has 1 N–H and O–H groups in total. The summed E-state index contributed by atoms with van der Waals surface area (Å²) >= 11 is 0. The molecule has 0 aliphatic carbocycles. The van der Waals surface area contributed by atoms with Crippen LogP contribution in [0.15, 0.2) is 29.2 Å². The molecule has 0 spiro atoms. The lowest BCUT2D eigenvalue weighted by molar-refractivity contribution is -0.159. The van der Waals surface area contributed by atoms with E-state index < -0.39 is 45.1 Å². The molecule has 0 bridgehead atoms. The Bertz CT molecular complexity index is 614. The first kappa shape index (κ1) is 17.1. The average molecular weight is 333 g/mol. The Kier molecular flexibility index (Phi) is 5.10. The minimum atomic E-state index is -5.02. The van der Waals surface area contributed by atoms with Gasteiger partial charge in [-0.1, -0.05) is 12.1 Å². The summed E-state index contributed by atoms with van der Waals surface area (Å²) in [7, 11) is -5.02. The molecule has 21 heavy (non-hydrogen) atoms. The highest BCUT2D eigenvalue weighted by molar-refractivity contribution is 7.91. The summed E-state index contributed by atoms with van der Waals surface area (Å²) in [5.41, 5.74) is -0.607. The van der Waals surface area contributed by atoms with E-state index in [0.29, 0.717) is 0 Å². The minimum absolute atomic E-state index is 0.607. The van der Waals surface area contributed by atoms with E-state index in [4.69, 9.17) is 0 Å². The largest absolute Gasteiger partial charge is 0.440 e. The van der Waals surface area contributed by atoms with Crippen LogP contribution in [0.1, 0.15) is 0 Å². The maximum Gasteiger partial charge on any atom is 0.422 e. The van der Waals surface area contributed by atoms with Crippen molar-refractivity contribution in [1.82, 2.24) is 0 Å². The van der Waals surface area contributed by atoms with Gasteiger partial charge in [-0.3, -0.25) is 5.32 Å². The molecule has 0 saturated carbocycles. The zero-order valence-corrected chi connectivity index (χ0v) is 10.8. The Hall–Kier alpha value is -1.91. The summed E-state index contributed by atoms with van der Waals surface area (Å²) in [4.78, 5) is 10.2. The van der Waals surface area contributed by atoms with Crippen molar-refractivity contribution in [3.8, 4) is 0 Å². The third-order valence-corrected chi connectivity index (χ3v) is 3.47. The molecule has 1 aromatic rings. The zero-order valence-electron chi connectivity index (χ0n) is 10.0. The standard InChI is InChI=1S/C10H8F5NO4S/c11-8(12)21(18,19)7-4-2-1-3-6(7)16-9(17)20-5-10(13,14)15/h1-4,8H,5H2,(H,16,17). The predicted molar refractivity (Wildman–Crippen MR) is 60.7 cm³/mol. The van der Waals surface area contributed by atoms with Crippen molar-refractivity contribution in [2.24, 2.45) is 0 Å². The fraction of sp³-hybridized carbons (Fsp3) is 0.300. The van der Waals surface area contributed by atoms with Gasteiger partial charge in [0.2, 0.25) is 9.84 Å². The molecular weight excluding hydrogens is 325 g/mol. The van der Waals surface area contributed by atoms with Crippen LogP contribution in [0.4, 0.5) is 32.4 Å². The predicted octanol–water partition coefficient (Wildman–Crippen LogP) is 2.79. The number of sulfone groups is 1. The van der Waals surface area contributed by atoms with E-state index in [2.05, 4.69) is 4.74 Å². The Morgan fingerprint density at radius 2 is 1.81 bits per heavy atom. The van der Waals surface area contributed by atoms with E-state index in [9.17, 15) is 35.2 Å². The summed E-state index contributed by atoms with van der Waals surface area (Å²) in [5.74, 6) is -3.74. The smallest absolute Gasteiger partial charge is 0.422 e. The van der Waals surface area contributed by atoms with Crippen LogP contribution in [0.3, 0.4) is 0 Å². The number of hydrogen-bond acceptors (Lipinski definition) is 4. The van der Waals surface area contributed by atoms with Crippen molar-refractivity contribution >= 4 is 21.6 Å². The molecule has 11 heteroatoms. The van der Waals surface area contributed by atoms with Gasteiger partial charge in [0.05, 0.1) is 10.6 Å². The number of rotatable bonds is 4. The van der Waals surface area contributed by atoms with Crippen molar-refractivity contribution in [1.29, 1.82) is 0 Å². The van der Waals surface area contributed by atoms with Crippen molar-refractivity contribution < 1.29 is 39.9 Å². The molecule has 0 aliphatic heterocycles. The number of halogens is 5.